The van der Waals surface area contributed by atoms with Crippen molar-refractivity contribution in [1.82, 2.24) is 4.90 Å². The molecule has 1 aliphatic heterocycles. The average Bonchev–Trinajstić information content (AvgIpc) is 3.76. The molecule has 1 fully saturated rings. The molecule has 0 aliphatic carbocycles. The maximum absolute atomic E-state index is 6.54. The molecule has 60 heavy (non-hydrogen) atoms. The molecule has 0 aromatic carbocycles. The van der Waals surface area contributed by atoms with E-state index in [1.807, 2.05) is 0 Å². The van der Waals surface area contributed by atoms with Gasteiger partial charge in [0.25, 0.3) is 0 Å². The third-order valence-electron chi connectivity index (χ3n) is 13.0. The molecule has 0 aromatic rings. The summed E-state index contributed by atoms with van der Waals surface area (Å²) in [5.74, 6) is 1.63. The van der Waals surface area contributed by atoms with E-state index in [9.17, 15) is 0 Å². The Morgan fingerprint density at radius 2 is 0.700 bits per heavy atom. The van der Waals surface area contributed by atoms with Crippen LogP contribution in [-0.2, 0) is 28.4 Å². The molecule has 1 rings (SSSR count). The molecule has 0 amide bonds. The molecule has 7 nitrogen and oxygen atoms in total. The number of hydrogen-bond acceptors (Lipinski definition) is 7. The molecule has 0 N–H and O–H groups in total. The van der Waals surface area contributed by atoms with Gasteiger partial charge >= 0.3 is 0 Å². The minimum Gasteiger partial charge on any atom is -0.353 e. The lowest BCUT2D eigenvalue weighted by atomic mass is 9.92. The molecular formula is C53H107NO6. The van der Waals surface area contributed by atoms with Gasteiger partial charge in [-0.1, -0.05) is 182 Å². The van der Waals surface area contributed by atoms with Crippen LogP contribution in [-0.4, -0.2) is 82.5 Å². The first-order chi connectivity index (χ1) is 29.4. The van der Waals surface area contributed by atoms with Crippen molar-refractivity contribution in [2.45, 2.75) is 279 Å². The quantitative estimate of drug-likeness (QED) is 0.0446. The molecule has 3 atom stereocenters. The zero-order chi connectivity index (χ0) is 43.6. The topological polar surface area (TPSA) is 58.6 Å². The van der Waals surface area contributed by atoms with Crippen molar-refractivity contribution in [2.75, 3.05) is 52.7 Å². The summed E-state index contributed by atoms with van der Waals surface area (Å²) < 4.78 is 37.0. The third kappa shape index (κ3) is 37.1. The Morgan fingerprint density at radius 1 is 0.350 bits per heavy atom. The number of nitrogens with zero attached hydrogens (tertiary/aromatic N) is 1. The first-order valence-electron chi connectivity index (χ1n) is 26.9. The molecule has 0 radical (unpaired) electrons. The zero-order valence-corrected chi connectivity index (χ0v) is 41.6. The molecule has 0 aromatic heterocycles. The highest BCUT2D eigenvalue weighted by atomic mass is 16.7. The van der Waals surface area contributed by atoms with Gasteiger partial charge in [-0.3, -0.25) is 0 Å². The maximum Gasteiger partial charge on any atom is 0.155 e. The van der Waals surface area contributed by atoms with Crippen molar-refractivity contribution >= 4 is 0 Å². The molecule has 3 unspecified atom stereocenters. The van der Waals surface area contributed by atoms with E-state index < -0.39 is 0 Å². The van der Waals surface area contributed by atoms with E-state index in [2.05, 4.69) is 53.4 Å². The highest BCUT2D eigenvalue weighted by Crippen LogP contribution is 2.23. The van der Waals surface area contributed by atoms with Crippen LogP contribution in [0.5, 0.6) is 0 Å². The zero-order valence-electron chi connectivity index (χ0n) is 41.6. The maximum atomic E-state index is 6.54. The summed E-state index contributed by atoms with van der Waals surface area (Å²) in [7, 11) is 0. The number of unbranched alkanes of at least 4 members (excludes halogenated alkanes) is 16. The van der Waals surface area contributed by atoms with Gasteiger partial charge in [0, 0.05) is 33.0 Å². The van der Waals surface area contributed by atoms with Gasteiger partial charge in [0.05, 0.1) is 12.7 Å². The van der Waals surface area contributed by atoms with Gasteiger partial charge in [-0.25, -0.2) is 0 Å². The fourth-order valence-electron chi connectivity index (χ4n) is 8.95. The number of likely N-dealkylation sites (tertiary alicyclic amines) is 1. The standard InChI is InChI=1S/C53H107NO6/c1-8-12-22-32-51(33-23-13-9-2)38-45-57-48(5)55-43-30-20-16-18-26-36-53(60-50(7)59-47-42-54-40-28-29-41-54)37-27-19-17-21-31-44-56-49(6)58-46-39-52(34-24-14-10-3)35-25-15-11-4/h48-53H,8-47H2,1-7H3. The van der Waals surface area contributed by atoms with E-state index in [4.69, 9.17) is 28.4 Å². The molecule has 1 aliphatic rings. The second-order valence-electron chi connectivity index (χ2n) is 18.8. The highest BCUT2D eigenvalue weighted by molar-refractivity contribution is 4.66. The van der Waals surface area contributed by atoms with E-state index in [1.165, 1.54) is 193 Å². The number of ether oxygens (including phenoxy) is 6. The van der Waals surface area contributed by atoms with Gasteiger partial charge in [0.2, 0.25) is 0 Å². The second kappa shape index (κ2) is 43.9. The Bertz CT molecular complexity index is 770. The van der Waals surface area contributed by atoms with Gasteiger partial charge in [0.15, 0.2) is 18.9 Å². The Morgan fingerprint density at radius 3 is 1.12 bits per heavy atom. The van der Waals surface area contributed by atoms with Crippen LogP contribution in [0, 0.1) is 11.8 Å². The first kappa shape index (κ1) is 57.7. The van der Waals surface area contributed by atoms with E-state index in [0.717, 1.165) is 77.1 Å². The summed E-state index contributed by atoms with van der Waals surface area (Å²) in [4.78, 5) is 2.52. The normalized spacial score (nSPS) is 15.8. The Balaban J connectivity index is 2.26. The first-order valence-corrected chi connectivity index (χ1v) is 26.9. The van der Waals surface area contributed by atoms with Crippen LogP contribution in [0.1, 0.15) is 254 Å². The predicted molar refractivity (Wildman–Crippen MR) is 257 cm³/mol. The Hall–Kier alpha value is -0.280. The van der Waals surface area contributed by atoms with Crippen molar-refractivity contribution in [3.63, 3.8) is 0 Å². The third-order valence-corrected chi connectivity index (χ3v) is 13.0. The fraction of sp³-hybridized carbons (Fsp3) is 1.00. The van der Waals surface area contributed by atoms with Crippen LogP contribution in [0.2, 0.25) is 0 Å². The average molecular weight is 854 g/mol. The van der Waals surface area contributed by atoms with Crippen molar-refractivity contribution in [2.24, 2.45) is 11.8 Å². The molecule has 1 heterocycles. The van der Waals surface area contributed by atoms with Gasteiger partial charge in [0.1, 0.15) is 0 Å². The SMILES string of the molecule is CCCCCC(CCCCC)CCOC(C)OCCCCCCCC(CCCCCCCOC(C)OCCC(CCCCC)CCCCC)OC(C)OCCN1CCCC1. The lowest BCUT2D eigenvalue weighted by molar-refractivity contribution is -0.165. The van der Waals surface area contributed by atoms with Crippen molar-refractivity contribution in [1.29, 1.82) is 0 Å². The minimum atomic E-state index is -0.138. The van der Waals surface area contributed by atoms with Crippen molar-refractivity contribution in [3.05, 3.63) is 0 Å². The Labute approximate surface area is 375 Å². The van der Waals surface area contributed by atoms with Crippen LogP contribution < -0.4 is 0 Å². The van der Waals surface area contributed by atoms with E-state index in [0.29, 0.717) is 0 Å². The summed E-state index contributed by atoms with van der Waals surface area (Å²) >= 11 is 0. The monoisotopic (exact) mass is 854 g/mol. The van der Waals surface area contributed by atoms with Gasteiger partial charge < -0.3 is 33.3 Å². The number of hydrogen-bond donors (Lipinski definition) is 0. The largest absolute Gasteiger partial charge is 0.353 e. The highest BCUT2D eigenvalue weighted by Gasteiger charge is 2.17. The minimum absolute atomic E-state index is 0.0983. The molecule has 0 bridgehead atoms. The van der Waals surface area contributed by atoms with Crippen LogP contribution in [0.4, 0.5) is 0 Å². The predicted octanol–water partition coefficient (Wildman–Crippen LogP) is 15.6. The lowest BCUT2D eigenvalue weighted by Crippen LogP contribution is -2.28. The summed E-state index contributed by atoms with van der Waals surface area (Å²) in [6.07, 6.45) is 40.9. The van der Waals surface area contributed by atoms with E-state index in [1.54, 1.807) is 0 Å². The van der Waals surface area contributed by atoms with Crippen molar-refractivity contribution in [3.8, 4) is 0 Å². The van der Waals surface area contributed by atoms with E-state index >= 15 is 0 Å². The number of rotatable bonds is 48. The fourth-order valence-corrected chi connectivity index (χ4v) is 8.95. The second-order valence-corrected chi connectivity index (χ2v) is 18.8. The smallest absolute Gasteiger partial charge is 0.155 e. The van der Waals surface area contributed by atoms with Crippen LogP contribution in [0.25, 0.3) is 0 Å². The summed E-state index contributed by atoms with van der Waals surface area (Å²) in [6, 6.07) is 0. The van der Waals surface area contributed by atoms with E-state index in [-0.39, 0.29) is 25.0 Å². The van der Waals surface area contributed by atoms with Crippen LogP contribution >= 0.6 is 0 Å². The summed E-state index contributed by atoms with van der Waals surface area (Å²) in [6.45, 7) is 22.9. The molecule has 360 valence electrons. The van der Waals surface area contributed by atoms with Gasteiger partial charge in [-0.2, -0.15) is 0 Å². The Kier molecular flexibility index (Phi) is 42.3. The molecule has 7 heteroatoms. The molecule has 1 saturated heterocycles. The molecular weight excluding hydrogens is 747 g/mol. The molecule has 0 saturated carbocycles. The summed E-state index contributed by atoms with van der Waals surface area (Å²) in [5, 5.41) is 0. The molecule has 0 spiro atoms. The van der Waals surface area contributed by atoms with Crippen LogP contribution in [0.15, 0.2) is 0 Å². The van der Waals surface area contributed by atoms with Gasteiger partial charge in [-0.15, -0.1) is 0 Å². The lowest BCUT2D eigenvalue weighted by Gasteiger charge is -2.24. The van der Waals surface area contributed by atoms with Gasteiger partial charge in [-0.05, 0) is 97.1 Å². The summed E-state index contributed by atoms with van der Waals surface area (Å²) in [5.41, 5.74) is 0. The van der Waals surface area contributed by atoms with Crippen LogP contribution in [0.3, 0.4) is 0 Å². The van der Waals surface area contributed by atoms with Crippen molar-refractivity contribution < 1.29 is 28.4 Å².